The number of nitrogens with zero attached hydrogens (tertiary/aromatic N) is 3. The van der Waals surface area contributed by atoms with Gasteiger partial charge in [-0.1, -0.05) is 59.7 Å². The summed E-state index contributed by atoms with van der Waals surface area (Å²) < 4.78 is 1.94. The number of aromatic nitrogens is 3. The van der Waals surface area contributed by atoms with Crippen LogP contribution in [-0.4, -0.2) is 26.5 Å². The number of nitrogens with one attached hydrogen (secondary N) is 1. The first-order chi connectivity index (χ1) is 13.1. The molecule has 3 aromatic rings. The summed E-state index contributed by atoms with van der Waals surface area (Å²) in [4.78, 5) is 4.66. The molecule has 2 heterocycles. The van der Waals surface area contributed by atoms with Crippen molar-refractivity contribution < 1.29 is 5.11 Å². The van der Waals surface area contributed by atoms with Crippen molar-refractivity contribution in [3.8, 4) is 0 Å². The number of rotatable bonds is 5. The lowest BCUT2D eigenvalue weighted by molar-refractivity contribution is 0.287. The van der Waals surface area contributed by atoms with E-state index in [-0.39, 0.29) is 12.6 Å². The zero-order valence-corrected chi connectivity index (χ0v) is 15.7. The van der Waals surface area contributed by atoms with E-state index in [1.54, 1.807) is 0 Å². The van der Waals surface area contributed by atoms with Gasteiger partial charge in [0, 0.05) is 18.7 Å². The summed E-state index contributed by atoms with van der Waals surface area (Å²) >= 11 is 0. The van der Waals surface area contributed by atoms with Crippen molar-refractivity contribution in [2.45, 2.75) is 32.7 Å². The van der Waals surface area contributed by atoms with Gasteiger partial charge in [-0.2, -0.15) is 10.1 Å². The Morgan fingerprint density at radius 3 is 2.33 bits per heavy atom. The van der Waals surface area contributed by atoms with Crippen LogP contribution in [0, 0.1) is 13.8 Å². The topological polar surface area (TPSA) is 63.0 Å². The minimum Gasteiger partial charge on any atom is -0.396 e. The first-order valence-corrected chi connectivity index (χ1v) is 9.33. The smallest absolute Gasteiger partial charge is 0.226 e. The molecule has 0 spiro atoms. The Morgan fingerprint density at radius 2 is 1.67 bits per heavy atom. The van der Waals surface area contributed by atoms with E-state index in [1.165, 1.54) is 16.7 Å². The Bertz CT molecular complexity index is 955. The molecule has 0 saturated heterocycles. The first kappa shape index (κ1) is 17.5. The molecule has 1 aromatic heterocycles. The quantitative estimate of drug-likeness (QED) is 0.725. The number of aliphatic hydroxyl groups is 1. The summed E-state index contributed by atoms with van der Waals surface area (Å²) in [5.74, 6) is 1.49. The SMILES string of the molecule is Cc1ccc(C2=C[C@@H](c3ccc(C)cc3)n3nc(CCCO)nc3N2)cc1. The van der Waals surface area contributed by atoms with Gasteiger partial charge >= 0.3 is 0 Å². The van der Waals surface area contributed by atoms with Gasteiger partial charge in [0.1, 0.15) is 6.04 Å². The van der Waals surface area contributed by atoms with E-state index < -0.39 is 0 Å². The molecule has 2 aromatic carbocycles. The standard InChI is InChI=1S/C22H24N4O/c1-15-5-9-17(10-6-15)19-14-20(18-11-7-16(2)8-12-18)26-22(23-19)24-21(25-26)4-3-13-27/h5-12,14,20,27H,3-4,13H2,1-2H3,(H,23,24,25)/t20-/m0/s1. The molecular weight excluding hydrogens is 336 g/mol. The highest BCUT2D eigenvalue weighted by Gasteiger charge is 2.25. The third kappa shape index (κ3) is 3.64. The third-order valence-electron chi connectivity index (χ3n) is 4.85. The highest BCUT2D eigenvalue weighted by Crippen LogP contribution is 2.32. The number of allylic oxidation sites excluding steroid dienone is 1. The van der Waals surface area contributed by atoms with Gasteiger partial charge in [-0.05, 0) is 37.5 Å². The molecule has 0 unspecified atom stereocenters. The molecule has 1 atom stereocenters. The van der Waals surface area contributed by atoms with Crippen molar-refractivity contribution in [2.75, 3.05) is 11.9 Å². The predicted molar refractivity (Wildman–Crippen MR) is 108 cm³/mol. The van der Waals surface area contributed by atoms with Crippen molar-refractivity contribution in [1.82, 2.24) is 14.8 Å². The van der Waals surface area contributed by atoms with Crippen LogP contribution in [0.15, 0.2) is 54.6 Å². The monoisotopic (exact) mass is 360 g/mol. The van der Waals surface area contributed by atoms with Gasteiger partial charge in [0.25, 0.3) is 0 Å². The molecule has 4 rings (SSSR count). The zero-order chi connectivity index (χ0) is 18.8. The van der Waals surface area contributed by atoms with Gasteiger partial charge in [-0.3, -0.25) is 0 Å². The van der Waals surface area contributed by atoms with Crippen molar-refractivity contribution in [1.29, 1.82) is 0 Å². The molecule has 0 amide bonds. The van der Waals surface area contributed by atoms with Crippen LogP contribution < -0.4 is 5.32 Å². The number of benzene rings is 2. The van der Waals surface area contributed by atoms with Crippen LogP contribution in [0.25, 0.3) is 5.70 Å². The molecule has 5 heteroatoms. The molecule has 0 radical (unpaired) electrons. The average Bonchev–Trinajstić information content (AvgIpc) is 3.10. The fraction of sp³-hybridized carbons (Fsp3) is 0.273. The summed E-state index contributed by atoms with van der Waals surface area (Å²) in [6.07, 6.45) is 3.53. The Balaban J connectivity index is 1.76. The minimum atomic E-state index is -0.0199. The Kier molecular flexibility index (Phi) is 4.77. The van der Waals surface area contributed by atoms with Crippen molar-refractivity contribution in [2.24, 2.45) is 0 Å². The van der Waals surface area contributed by atoms with E-state index >= 15 is 0 Å². The van der Waals surface area contributed by atoms with Crippen LogP contribution in [0.3, 0.4) is 0 Å². The lowest BCUT2D eigenvalue weighted by atomic mass is 10.0. The van der Waals surface area contributed by atoms with Crippen molar-refractivity contribution in [3.05, 3.63) is 82.7 Å². The molecule has 27 heavy (non-hydrogen) atoms. The number of aryl methyl sites for hydroxylation is 3. The second-order valence-corrected chi connectivity index (χ2v) is 7.05. The molecular formula is C22H24N4O. The molecule has 1 aliphatic rings. The van der Waals surface area contributed by atoms with Crippen LogP contribution in [-0.2, 0) is 6.42 Å². The summed E-state index contributed by atoms with van der Waals surface area (Å²) in [7, 11) is 0. The average molecular weight is 360 g/mol. The van der Waals surface area contributed by atoms with E-state index in [4.69, 9.17) is 10.2 Å². The van der Waals surface area contributed by atoms with Crippen LogP contribution in [0.1, 0.15) is 40.5 Å². The maximum atomic E-state index is 9.11. The fourth-order valence-corrected chi connectivity index (χ4v) is 3.28. The highest BCUT2D eigenvalue weighted by molar-refractivity contribution is 5.77. The summed E-state index contributed by atoms with van der Waals surface area (Å²) in [6.45, 7) is 4.32. The molecule has 0 aliphatic carbocycles. The fourth-order valence-electron chi connectivity index (χ4n) is 3.28. The summed E-state index contributed by atoms with van der Waals surface area (Å²) in [5, 5.41) is 17.2. The Hall–Kier alpha value is -2.92. The number of hydrogen-bond acceptors (Lipinski definition) is 4. The van der Waals surface area contributed by atoms with Crippen LogP contribution in [0.2, 0.25) is 0 Å². The summed E-state index contributed by atoms with van der Waals surface area (Å²) in [6, 6.07) is 17.0. The van der Waals surface area contributed by atoms with Crippen LogP contribution in [0.4, 0.5) is 5.95 Å². The highest BCUT2D eigenvalue weighted by atomic mass is 16.2. The van der Waals surface area contributed by atoms with Gasteiger partial charge in [-0.25, -0.2) is 4.68 Å². The van der Waals surface area contributed by atoms with Gasteiger partial charge in [0.05, 0.1) is 0 Å². The minimum absolute atomic E-state index is 0.0199. The second kappa shape index (κ2) is 7.37. The van der Waals surface area contributed by atoms with E-state index in [0.717, 1.165) is 23.0 Å². The molecule has 0 bridgehead atoms. The van der Waals surface area contributed by atoms with Gasteiger partial charge < -0.3 is 10.4 Å². The third-order valence-corrected chi connectivity index (χ3v) is 4.85. The zero-order valence-electron chi connectivity index (χ0n) is 15.7. The number of aliphatic hydroxyl groups excluding tert-OH is 1. The maximum absolute atomic E-state index is 9.11. The molecule has 1 aliphatic heterocycles. The number of fused-ring (bicyclic) bond motifs is 1. The van der Waals surface area contributed by atoms with E-state index in [0.29, 0.717) is 12.8 Å². The Labute approximate surface area is 159 Å². The second-order valence-electron chi connectivity index (χ2n) is 7.05. The lowest BCUT2D eigenvalue weighted by Crippen LogP contribution is -2.20. The normalized spacial score (nSPS) is 15.8. The molecule has 2 N–H and O–H groups in total. The number of hydrogen-bond donors (Lipinski definition) is 2. The molecule has 0 saturated carbocycles. The van der Waals surface area contributed by atoms with Crippen molar-refractivity contribution in [3.63, 3.8) is 0 Å². The largest absolute Gasteiger partial charge is 0.396 e. The van der Waals surface area contributed by atoms with E-state index in [1.807, 2.05) is 4.68 Å². The first-order valence-electron chi connectivity index (χ1n) is 9.33. The van der Waals surface area contributed by atoms with Crippen LogP contribution in [0.5, 0.6) is 0 Å². The lowest BCUT2D eigenvalue weighted by Gasteiger charge is -2.24. The molecule has 138 valence electrons. The summed E-state index contributed by atoms with van der Waals surface area (Å²) in [5.41, 5.74) is 5.81. The molecule has 0 fully saturated rings. The van der Waals surface area contributed by atoms with E-state index in [2.05, 4.69) is 78.8 Å². The Morgan fingerprint density at radius 1 is 1.00 bits per heavy atom. The van der Waals surface area contributed by atoms with Gasteiger partial charge in [-0.15, -0.1) is 0 Å². The van der Waals surface area contributed by atoms with Gasteiger partial charge in [0.15, 0.2) is 5.82 Å². The number of anilines is 1. The van der Waals surface area contributed by atoms with E-state index in [9.17, 15) is 0 Å². The van der Waals surface area contributed by atoms with Gasteiger partial charge in [0.2, 0.25) is 5.95 Å². The molecule has 5 nitrogen and oxygen atoms in total. The predicted octanol–water partition coefficient (Wildman–Crippen LogP) is 3.88. The maximum Gasteiger partial charge on any atom is 0.226 e. The van der Waals surface area contributed by atoms with Crippen molar-refractivity contribution >= 4 is 11.6 Å². The van der Waals surface area contributed by atoms with Crippen LogP contribution >= 0.6 is 0 Å².